The van der Waals surface area contributed by atoms with Gasteiger partial charge in [-0.15, -0.1) is 0 Å². The summed E-state index contributed by atoms with van der Waals surface area (Å²) < 4.78 is 30.8. The van der Waals surface area contributed by atoms with Crippen LogP contribution in [0.5, 0.6) is 0 Å². The Morgan fingerprint density at radius 1 is 1.00 bits per heavy atom. The molecule has 0 saturated heterocycles. The van der Waals surface area contributed by atoms with E-state index in [1.54, 1.807) is 38.1 Å². The second-order valence-electron chi connectivity index (χ2n) is 7.51. The van der Waals surface area contributed by atoms with Crippen molar-refractivity contribution in [1.29, 1.82) is 0 Å². The zero-order valence-corrected chi connectivity index (χ0v) is 19.5. The van der Waals surface area contributed by atoms with E-state index in [2.05, 4.69) is 5.32 Å². The van der Waals surface area contributed by atoms with Gasteiger partial charge in [0.15, 0.2) is 0 Å². The van der Waals surface area contributed by atoms with E-state index in [1.807, 2.05) is 26.0 Å². The molecule has 0 aromatic heterocycles. The van der Waals surface area contributed by atoms with Crippen molar-refractivity contribution in [2.75, 3.05) is 29.0 Å². The van der Waals surface area contributed by atoms with Gasteiger partial charge in [0.25, 0.3) is 0 Å². The predicted octanol–water partition coefficient (Wildman–Crippen LogP) is 3.97. The smallest absolute Gasteiger partial charge is 0.338 e. The van der Waals surface area contributed by atoms with Gasteiger partial charge in [0.1, 0.15) is 0 Å². The van der Waals surface area contributed by atoms with Crippen LogP contribution in [-0.4, -0.2) is 39.7 Å². The molecule has 1 N–H and O–H groups in total. The van der Waals surface area contributed by atoms with Gasteiger partial charge < -0.3 is 10.1 Å². The number of sulfonamides is 1. The van der Waals surface area contributed by atoms with Crippen LogP contribution in [0.1, 0.15) is 46.8 Å². The molecule has 1 amide bonds. The maximum Gasteiger partial charge on any atom is 0.338 e. The van der Waals surface area contributed by atoms with E-state index in [1.165, 1.54) is 4.31 Å². The highest BCUT2D eigenvalue weighted by molar-refractivity contribution is 7.92. The van der Waals surface area contributed by atoms with Crippen LogP contribution >= 0.6 is 0 Å². The quantitative estimate of drug-likeness (QED) is 0.588. The number of ether oxygens (including phenoxy) is 1. The number of hydrogen-bond acceptors (Lipinski definition) is 5. The minimum atomic E-state index is -3.47. The second kappa shape index (κ2) is 10.4. The summed E-state index contributed by atoms with van der Waals surface area (Å²) in [6, 6.07) is 10.4. The molecule has 31 heavy (non-hydrogen) atoms. The summed E-state index contributed by atoms with van der Waals surface area (Å²) in [5, 5.41) is 2.82. The van der Waals surface area contributed by atoms with Gasteiger partial charge in [-0.2, -0.15) is 0 Å². The van der Waals surface area contributed by atoms with Crippen LogP contribution in [0.4, 0.5) is 11.4 Å². The van der Waals surface area contributed by atoms with E-state index in [-0.39, 0.29) is 18.9 Å². The van der Waals surface area contributed by atoms with Crippen molar-refractivity contribution in [3.8, 4) is 0 Å². The van der Waals surface area contributed by atoms with Gasteiger partial charge in [-0.05, 0) is 81.1 Å². The summed E-state index contributed by atoms with van der Waals surface area (Å²) in [5.41, 5.74) is 4.46. The fourth-order valence-electron chi connectivity index (χ4n) is 3.11. The number of aryl methyl sites for hydroxylation is 3. The Labute approximate surface area is 184 Å². The number of benzene rings is 2. The van der Waals surface area contributed by atoms with E-state index in [9.17, 15) is 18.0 Å². The number of amides is 1. The van der Waals surface area contributed by atoms with Crippen molar-refractivity contribution < 1.29 is 22.7 Å². The summed E-state index contributed by atoms with van der Waals surface area (Å²) in [6.45, 7) is 7.93. The zero-order chi connectivity index (χ0) is 23.2. The molecular weight excluding hydrogens is 416 g/mol. The first-order chi connectivity index (χ1) is 14.5. The van der Waals surface area contributed by atoms with Crippen LogP contribution in [-0.2, 0) is 19.6 Å². The van der Waals surface area contributed by atoms with E-state index in [0.29, 0.717) is 30.0 Å². The van der Waals surface area contributed by atoms with Crippen LogP contribution in [0.2, 0.25) is 0 Å². The van der Waals surface area contributed by atoms with Crippen molar-refractivity contribution in [1.82, 2.24) is 0 Å². The fraction of sp³-hybridized carbons (Fsp3) is 0.391. The average Bonchev–Trinajstić information content (AvgIpc) is 2.68. The van der Waals surface area contributed by atoms with Gasteiger partial charge in [0, 0.05) is 18.7 Å². The third-order valence-corrected chi connectivity index (χ3v) is 6.15. The number of carbonyl (C=O) groups excluding carboxylic acids is 2. The number of nitrogens with zero attached hydrogens (tertiary/aromatic N) is 1. The van der Waals surface area contributed by atoms with Crippen molar-refractivity contribution in [3.63, 3.8) is 0 Å². The van der Waals surface area contributed by atoms with Gasteiger partial charge in [-0.1, -0.05) is 6.07 Å². The lowest BCUT2D eigenvalue weighted by atomic mass is 10.1. The minimum Gasteiger partial charge on any atom is -0.462 e. The number of rotatable bonds is 9. The Morgan fingerprint density at radius 2 is 1.71 bits per heavy atom. The number of carbonyl (C=O) groups is 2. The largest absolute Gasteiger partial charge is 0.462 e. The maximum atomic E-state index is 12.4. The molecule has 0 unspecified atom stereocenters. The molecule has 0 spiro atoms. The third-order valence-electron chi connectivity index (χ3n) is 4.96. The van der Waals surface area contributed by atoms with Gasteiger partial charge >= 0.3 is 5.97 Å². The third kappa shape index (κ3) is 6.82. The molecule has 168 valence electrons. The number of anilines is 2. The molecule has 0 aliphatic carbocycles. The Hall–Kier alpha value is -2.87. The molecule has 0 saturated carbocycles. The molecule has 0 heterocycles. The number of nitrogens with one attached hydrogen (secondary N) is 1. The topological polar surface area (TPSA) is 92.8 Å². The Bertz CT molecular complexity index is 1060. The molecule has 2 aromatic carbocycles. The van der Waals surface area contributed by atoms with Crippen LogP contribution in [0, 0.1) is 20.8 Å². The van der Waals surface area contributed by atoms with Gasteiger partial charge in [0.2, 0.25) is 15.9 Å². The zero-order valence-electron chi connectivity index (χ0n) is 18.7. The molecule has 2 rings (SSSR count). The lowest BCUT2D eigenvalue weighted by Gasteiger charge is -2.23. The monoisotopic (exact) mass is 446 g/mol. The first-order valence-electron chi connectivity index (χ1n) is 10.2. The van der Waals surface area contributed by atoms with Crippen LogP contribution in [0.25, 0.3) is 0 Å². The number of esters is 1. The molecule has 0 atom stereocenters. The molecule has 0 bridgehead atoms. The molecule has 0 aliphatic rings. The van der Waals surface area contributed by atoms with Crippen LogP contribution in [0.15, 0.2) is 36.4 Å². The standard InChI is InChI=1S/C23H30N2O5S/c1-6-30-23(27)19-10-12-21(18(4)14-19)24-22(26)8-7-13-25(31(5,28)29)20-11-9-16(2)17(3)15-20/h9-12,14-15H,6-8,13H2,1-5H3,(H,24,26). The van der Waals surface area contributed by atoms with E-state index in [4.69, 9.17) is 4.74 Å². The first kappa shape index (κ1) is 24.4. The molecule has 0 fully saturated rings. The highest BCUT2D eigenvalue weighted by Crippen LogP contribution is 2.22. The Kier molecular flexibility index (Phi) is 8.21. The minimum absolute atomic E-state index is 0.163. The Balaban J connectivity index is 1.99. The summed E-state index contributed by atoms with van der Waals surface area (Å²) >= 11 is 0. The van der Waals surface area contributed by atoms with Crippen molar-refractivity contribution in [2.45, 2.75) is 40.5 Å². The molecular formula is C23H30N2O5S. The summed E-state index contributed by atoms with van der Waals surface area (Å²) in [7, 11) is -3.47. The van der Waals surface area contributed by atoms with Crippen LogP contribution < -0.4 is 9.62 Å². The summed E-state index contributed by atoms with van der Waals surface area (Å²) in [5.74, 6) is -0.629. The van der Waals surface area contributed by atoms with E-state index < -0.39 is 16.0 Å². The second-order valence-corrected chi connectivity index (χ2v) is 9.41. The summed E-state index contributed by atoms with van der Waals surface area (Å²) in [6.07, 6.45) is 1.69. The van der Waals surface area contributed by atoms with Crippen molar-refractivity contribution >= 4 is 33.3 Å². The van der Waals surface area contributed by atoms with E-state index in [0.717, 1.165) is 22.9 Å². The molecule has 0 radical (unpaired) electrons. The van der Waals surface area contributed by atoms with Crippen molar-refractivity contribution in [2.24, 2.45) is 0 Å². The molecule has 2 aromatic rings. The predicted molar refractivity (Wildman–Crippen MR) is 123 cm³/mol. The lowest BCUT2D eigenvalue weighted by Crippen LogP contribution is -2.31. The first-order valence-corrected chi connectivity index (χ1v) is 12.0. The highest BCUT2D eigenvalue weighted by Gasteiger charge is 2.18. The average molecular weight is 447 g/mol. The number of hydrogen-bond donors (Lipinski definition) is 1. The SMILES string of the molecule is CCOC(=O)c1ccc(NC(=O)CCCN(c2ccc(C)c(C)c2)S(C)(=O)=O)c(C)c1. The summed E-state index contributed by atoms with van der Waals surface area (Å²) in [4.78, 5) is 24.2. The van der Waals surface area contributed by atoms with Gasteiger partial charge in [-0.3, -0.25) is 9.10 Å². The van der Waals surface area contributed by atoms with Crippen LogP contribution in [0.3, 0.4) is 0 Å². The van der Waals surface area contributed by atoms with Crippen molar-refractivity contribution in [3.05, 3.63) is 58.7 Å². The van der Waals surface area contributed by atoms with E-state index >= 15 is 0 Å². The lowest BCUT2D eigenvalue weighted by molar-refractivity contribution is -0.116. The highest BCUT2D eigenvalue weighted by atomic mass is 32.2. The Morgan fingerprint density at radius 3 is 2.29 bits per heavy atom. The maximum absolute atomic E-state index is 12.4. The normalized spacial score (nSPS) is 11.1. The van der Waals surface area contributed by atoms with Gasteiger partial charge in [-0.25, -0.2) is 13.2 Å². The molecule has 0 aliphatic heterocycles. The molecule has 7 nitrogen and oxygen atoms in total. The molecule has 8 heteroatoms. The fourth-order valence-corrected chi connectivity index (χ4v) is 4.07. The van der Waals surface area contributed by atoms with Gasteiger partial charge in [0.05, 0.1) is 24.1 Å².